The van der Waals surface area contributed by atoms with Crippen molar-refractivity contribution < 1.29 is 9.21 Å². The number of piperazine rings is 1. The fourth-order valence-corrected chi connectivity index (χ4v) is 4.78. The number of anilines is 1. The predicted octanol–water partition coefficient (Wildman–Crippen LogP) is 4.47. The Bertz CT molecular complexity index is 1190. The summed E-state index contributed by atoms with van der Waals surface area (Å²) in [6.45, 7) is 4.68. The lowest BCUT2D eigenvalue weighted by Gasteiger charge is -2.35. The topological polar surface area (TPSA) is 62.5 Å². The number of hydrogen-bond donors (Lipinski definition) is 0. The highest BCUT2D eigenvalue weighted by atomic mass is 79.9. The fraction of sp³-hybridized carbons (Fsp3) is 0.250. The van der Waals surface area contributed by atoms with E-state index < -0.39 is 0 Å². The molecule has 4 aromatic rings. The minimum Gasteiger partial charge on any atom is -0.451 e. The van der Waals surface area contributed by atoms with Crippen LogP contribution in [0.5, 0.6) is 0 Å². The zero-order chi connectivity index (χ0) is 19.3. The number of nitrogens with zero attached hydrogens (tertiary/aromatic N) is 4. The molecule has 0 unspecified atom stereocenters. The molecule has 0 radical (unpaired) electrons. The van der Waals surface area contributed by atoms with Crippen LogP contribution in [0.25, 0.3) is 21.2 Å². The van der Waals surface area contributed by atoms with Crippen LogP contribution in [0.1, 0.15) is 16.1 Å². The number of fused-ring (bicyclic) bond motifs is 2. The van der Waals surface area contributed by atoms with Crippen molar-refractivity contribution in [3.8, 4) is 0 Å². The number of thiophene rings is 1. The van der Waals surface area contributed by atoms with E-state index in [1.807, 2.05) is 35.4 Å². The van der Waals surface area contributed by atoms with Crippen molar-refractivity contribution in [1.29, 1.82) is 0 Å². The van der Waals surface area contributed by atoms with Crippen LogP contribution in [0.3, 0.4) is 0 Å². The standard InChI is InChI=1S/C20H17BrN4O2S/c1-12-15-10-13(21)2-3-16(15)27-17(12)20(26)25-7-5-24(6-8-25)18-14-4-9-28-19(14)23-11-22-18/h2-4,9-11H,5-8H2,1H3. The smallest absolute Gasteiger partial charge is 0.290 e. The molecule has 1 aliphatic heterocycles. The van der Waals surface area contributed by atoms with Crippen molar-refractivity contribution in [3.63, 3.8) is 0 Å². The molecule has 1 amide bonds. The van der Waals surface area contributed by atoms with E-state index in [9.17, 15) is 4.79 Å². The van der Waals surface area contributed by atoms with Crippen LogP contribution in [0.4, 0.5) is 5.82 Å². The van der Waals surface area contributed by atoms with Gasteiger partial charge in [0.05, 0.1) is 5.39 Å². The first-order valence-electron chi connectivity index (χ1n) is 9.03. The van der Waals surface area contributed by atoms with Crippen LogP contribution in [0.2, 0.25) is 0 Å². The second-order valence-electron chi connectivity index (χ2n) is 6.81. The van der Waals surface area contributed by atoms with Gasteiger partial charge in [-0.15, -0.1) is 11.3 Å². The molecular formula is C20H17BrN4O2S. The monoisotopic (exact) mass is 456 g/mol. The number of amides is 1. The van der Waals surface area contributed by atoms with Gasteiger partial charge in [0.1, 0.15) is 22.6 Å². The van der Waals surface area contributed by atoms with E-state index in [2.05, 4.69) is 36.9 Å². The molecule has 1 fully saturated rings. The van der Waals surface area contributed by atoms with E-state index in [0.717, 1.165) is 50.1 Å². The fourth-order valence-electron chi connectivity index (χ4n) is 3.69. The van der Waals surface area contributed by atoms with E-state index in [-0.39, 0.29) is 5.91 Å². The number of furan rings is 1. The van der Waals surface area contributed by atoms with Gasteiger partial charge in [-0.05, 0) is 36.6 Å². The molecule has 0 aliphatic carbocycles. The second-order valence-corrected chi connectivity index (χ2v) is 8.62. The zero-order valence-electron chi connectivity index (χ0n) is 15.2. The van der Waals surface area contributed by atoms with Gasteiger partial charge in [0, 0.05) is 41.6 Å². The maximum absolute atomic E-state index is 13.1. The number of aromatic nitrogens is 2. The molecule has 1 aromatic carbocycles. The van der Waals surface area contributed by atoms with Gasteiger partial charge in [-0.2, -0.15) is 0 Å². The summed E-state index contributed by atoms with van der Waals surface area (Å²) < 4.78 is 6.86. The maximum atomic E-state index is 13.1. The third-order valence-corrected chi connectivity index (χ3v) is 6.51. The molecule has 8 heteroatoms. The van der Waals surface area contributed by atoms with Gasteiger partial charge >= 0.3 is 0 Å². The van der Waals surface area contributed by atoms with Crippen molar-refractivity contribution in [2.45, 2.75) is 6.92 Å². The zero-order valence-corrected chi connectivity index (χ0v) is 17.6. The Kier molecular flexibility index (Phi) is 4.32. The molecule has 0 saturated carbocycles. The molecule has 0 atom stereocenters. The largest absolute Gasteiger partial charge is 0.451 e. The third kappa shape index (κ3) is 2.87. The van der Waals surface area contributed by atoms with Crippen LogP contribution < -0.4 is 4.90 Å². The lowest BCUT2D eigenvalue weighted by Crippen LogP contribution is -2.49. The van der Waals surface area contributed by atoms with Crippen LogP contribution in [0.15, 0.2) is 44.9 Å². The first-order chi connectivity index (χ1) is 13.6. The number of carbonyl (C=O) groups excluding carboxylic acids is 1. The van der Waals surface area contributed by atoms with E-state index >= 15 is 0 Å². The number of carbonyl (C=O) groups is 1. The Labute approximate surface area is 173 Å². The Morgan fingerprint density at radius 1 is 1.14 bits per heavy atom. The van der Waals surface area contributed by atoms with Gasteiger partial charge in [0.2, 0.25) is 0 Å². The highest BCUT2D eigenvalue weighted by molar-refractivity contribution is 9.10. The van der Waals surface area contributed by atoms with Crippen molar-refractivity contribution in [2.75, 3.05) is 31.1 Å². The van der Waals surface area contributed by atoms with Crippen LogP contribution >= 0.6 is 27.3 Å². The van der Waals surface area contributed by atoms with Gasteiger partial charge in [-0.3, -0.25) is 4.79 Å². The highest BCUT2D eigenvalue weighted by Gasteiger charge is 2.27. The summed E-state index contributed by atoms with van der Waals surface area (Å²) in [7, 11) is 0. The first kappa shape index (κ1) is 17.6. The van der Waals surface area contributed by atoms with Gasteiger partial charge in [-0.1, -0.05) is 15.9 Å². The van der Waals surface area contributed by atoms with Gasteiger partial charge in [-0.25, -0.2) is 9.97 Å². The SMILES string of the molecule is Cc1c(C(=O)N2CCN(c3ncnc4sccc34)CC2)oc2ccc(Br)cc12. The average Bonchev–Trinajstić information content (AvgIpc) is 3.32. The van der Waals surface area contributed by atoms with Gasteiger partial charge in [0.15, 0.2) is 5.76 Å². The molecule has 1 aliphatic rings. The predicted molar refractivity (Wildman–Crippen MR) is 114 cm³/mol. The van der Waals surface area contributed by atoms with Crippen molar-refractivity contribution in [2.24, 2.45) is 0 Å². The van der Waals surface area contributed by atoms with Crippen molar-refractivity contribution in [1.82, 2.24) is 14.9 Å². The summed E-state index contributed by atoms with van der Waals surface area (Å²) in [5.41, 5.74) is 1.63. The molecule has 28 heavy (non-hydrogen) atoms. The summed E-state index contributed by atoms with van der Waals surface area (Å²) in [5, 5.41) is 4.08. The summed E-state index contributed by atoms with van der Waals surface area (Å²) in [4.78, 5) is 26.9. The average molecular weight is 457 g/mol. The number of aryl methyl sites for hydroxylation is 1. The summed E-state index contributed by atoms with van der Waals surface area (Å²) in [6, 6.07) is 7.86. The Morgan fingerprint density at radius 3 is 2.79 bits per heavy atom. The third-order valence-electron chi connectivity index (χ3n) is 5.20. The molecule has 0 N–H and O–H groups in total. The van der Waals surface area contributed by atoms with Crippen LogP contribution in [-0.4, -0.2) is 47.0 Å². The van der Waals surface area contributed by atoms with E-state index in [4.69, 9.17) is 4.42 Å². The lowest BCUT2D eigenvalue weighted by molar-refractivity contribution is 0.0716. The summed E-state index contributed by atoms with van der Waals surface area (Å²) >= 11 is 5.09. The van der Waals surface area contributed by atoms with E-state index in [1.165, 1.54) is 0 Å². The number of benzene rings is 1. The summed E-state index contributed by atoms with van der Waals surface area (Å²) in [5.74, 6) is 1.33. The van der Waals surface area contributed by atoms with Gasteiger partial charge < -0.3 is 14.2 Å². The summed E-state index contributed by atoms with van der Waals surface area (Å²) in [6.07, 6.45) is 1.61. The molecule has 5 rings (SSSR count). The highest BCUT2D eigenvalue weighted by Crippen LogP contribution is 2.30. The first-order valence-corrected chi connectivity index (χ1v) is 10.7. The minimum atomic E-state index is -0.0483. The second kappa shape index (κ2) is 6.86. The molecule has 1 saturated heterocycles. The molecule has 0 spiro atoms. The molecule has 4 heterocycles. The Balaban J connectivity index is 1.36. The molecular weight excluding hydrogens is 440 g/mol. The molecule has 0 bridgehead atoms. The van der Waals surface area contributed by atoms with Crippen LogP contribution in [-0.2, 0) is 0 Å². The molecule has 6 nitrogen and oxygen atoms in total. The Hall–Kier alpha value is -2.45. The van der Waals surface area contributed by atoms with E-state index in [1.54, 1.807) is 17.7 Å². The van der Waals surface area contributed by atoms with Crippen LogP contribution in [0, 0.1) is 6.92 Å². The van der Waals surface area contributed by atoms with Gasteiger partial charge in [0.25, 0.3) is 5.91 Å². The molecule has 3 aromatic heterocycles. The quantitative estimate of drug-likeness (QED) is 0.445. The number of hydrogen-bond acceptors (Lipinski definition) is 6. The maximum Gasteiger partial charge on any atom is 0.290 e. The Morgan fingerprint density at radius 2 is 1.96 bits per heavy atom. The van der Waals surface area contributed by atoms with Crippen molar-refractivity contribution >= 4 is 60.2 Å². The van der Waals surface area contributed by atoms with E-state index in [0.29, 0.717) is 18.8 Å². The molecule has 142 valence electrons. The normalized spacial score (nSPS) is 14.9. The number of halogens is 1. The number of rotatable bonds is 2. The van der Waals surface area contributed by atoms with Crippen molar-refractivity contribution in [3.05, 3.63) is 51.8 Å². The lowest BCUT2D eigenvalue weighted by atomic mass is 10.1. The minimum absolute atomic E-state index is 0.0483.